The van der Waals surface area contributed by atoms with Crippen LogP contribution in [-0.4, -0.2) is 5.91 Å². The fraction of sp³-hybridized carbons (Fsp3) is 0.700. The molecule has 0 aliphatic heterocycles. The van der Waals surface area contributed by atoms with Crippen LogP contribution in [0.5, 0.6) is 0 Å². The summed E-state index contributed by atoms with van der Waals surface area (Å²) in [5.74, 6) is -0.0220. The van der Waals surface area contributed by atoms with Gasteiger partial charge < -0.3 is 0 Å². The van der Waals surface area contributed by atoms with Crippen LogP contribution >= 0.6 is 0 Å². The monoisotopic (exact) mass is 193 g/mol. The number of unbranched alkanes of at least 4 members (excludes halogenated alkanes) is 2. The van der Waals surface area contributed by atoms with Crippen LogP contribution in [0.3, 0.4) is 0 Å². The van der Waals surface area contributed by atoms with Crippen molar-refractivity contribution in [2.24, 2.45) is 17.0 Å². The Morgan fingerprint density at radius 3 is 3.14 bits per heavy atom. The van der Waals surface area contributed by atoms with Gasteiger partial charge in [-0.2, -0.15) is 0 Å². The highest BCUT2D eigenvalue weighted by molar-refractivity contribution is 5.82. The fourth-order valence-electron chi connectivity index (χ4n) is 1.42. The van der Waals surface area contributed by atoms with Gasteiger partial charge in [-0.1, -0.05) is 31.9 Å². The number of allylic oxidation sites excluding steroid dienone is 2. The minimum absolute atomic E-state index is 0.0382. The van der Waals surface area contributed by atoms with Crippen LogP contribution in [0.4, 0.5) is 0 Å². The van der Waals surface area contributed by atoms with Crippen LogP contribution in [0.25, 0.3) is 10.4 Å². The van der Waals surface area contributed by atoms with E-state index in [0.717, 1.165) is 12.8 Å². The van der Waals surface area contributed by atoms with Crippen molar-refractivity contribution in [3.63, 3.8) is 0 Å². The summed E-state index contributed by atoms with van der Waals surface area (Å²) in [5.41, 5.74) is 8.07. The minimum Gasteiger partial charge on any atom is -0.292 e. The predicted octanol–water partition coefficient (Wildman–Crippen LogP) is 3.21. The van der Waals surface area contributed by atoms with Crippen LogP contribution in [0, 0.1) is 11.8 Å². The third-order valence-electron chi connectivity index (χ3n) is 2.41. The molecule has 14 heavy (non-hydrogen) atoms. The van der Waals surface area contributed by atoms with Gasteiger partial charge in [0.05, 0.1) is 0 Å². The molecule has 0 heterocycles. The summed E-state index contributed by atoms with van der Waals surface area (Å²) >= 11 is 0. The Morgan fingerprint density at radius 2 is 2.50 bits per heavy atom. The smallest absolute Gasteiger partial charge is 0.222 e. The second-order valence-corrected chi connectivity index (χ2v) is 3.60. The van der Waals surface area contributed by atoms with Crippen molar-refractivity contribution in [2.75, 3.05) is 0 Å². The molecule has 0 spiro atoms. The molecule has 2 atom stereocenters. The molecule has 1 fully saturated rings. The molecule has 0 saturated heterocycles. The highest BCUT2D eigenvalue weighted by atomic mass is 16.2. The van der Waals surface area contributed by atoms with E-state index >= 15 is 0 Å². The summed E-state index contributed by atoms with van der Waals surface area (Å²) in [5, 5.41) is 3.09. The number of hydrogen-bond donors (Lipinski definition) is 0. The first-order chi connectivity index (χ1) is 6.79. The van der Waals surface area contributed by atoms with E-state index in [-0.39, 0.29) is 11.8 Å². The van der Waals surface area contributed by atoms with Gasteiger partial charge in [0.25, 0.3) is 0 Å². The van der Waals surface area contributed by atoms with Crippen LogP contribution in [0.15, 0.2) is 17.3 Å². The van der Waals surface area contributed by atoms with Crippen molar-refractivity contribution in [3.8, 4) is 0 Å². The quantitative estimate of drug-likeness (QED) is 0.217. The number of amides is 1. The summed E-state index contributed by atoms with van der Waals surface area (Å²) < 4.78 is 0. The van der Waals surface area contributed by atoms with Crippen LogP contribution in [-0.2, 0) is 4.79 Å². The molecule has 1 saturated carbocycles. The average molecular weight is 193 g/mol. The van der Waals surface area contributed by atoms with E-state index in [1.54, 1.807) is 0 Å². The van der Waals surface area contributed by atoms with E-state index in [1.807, 2.05) is 0 Å². The molecule has 0 radical (unpaired) electrons. The Balaban J connectivity index is 2.22. The molecule has 0 unspecified atom stereocenters. The average Bonchev–Trinajstić information content (AvgIpc) is 2.92. The van der Waals surface area contributed by atoms with Crippen LogP contribution in [0.2, 0.25) is 0 Å². The lowest BCUT2D eigenvalue weighted by molar-refractivity contribution is -0.119. The Bertz CT molecular complexity index is 279. The van der Waals surface area contributed by atoms with Crippen molar-refractivity contribution < 1.29 is 4.79 Å². The molecule has 76 valence electrons. The first-order valence-corrected chi connectivity index (χ1v) is 5.05. The van der Waals surface area contributed by atoms with Crippen LogP contribution < -0.4 is 0 Å². The first-order valence-electron chi connectivity index (χ1n) is 5.05. The topological polar surface area (TPSA) is 65.8 Å². The molecule has 0 bridgehead atoms. The van der Waals surface area contributed by atoms with Crippen molar-refractivity contribution >= 4 is 5.91 Å². The number of carbonyl (C=O) groups is 1. The predicted molar refractivity (Wildman–Crippen MR) is 54.4 cm³/mol. The molecule has 0 aromatic rings. The van der Waals surface area contributed by atoms with E-state index in [1.165, 1.54) is 12.8 Å². The van der Waals surface area contributed by atoms with Gasteiger partial charge in [0.15, 0.2) is 0 Å². The van der Waals surface area contributed by atoms with E-state index in [0.29, 0.717) is 5.92 Å². The molecule has 1 rings (SSSR count). The molecule has 4 heteroatoms. The van der Waals surface area contributed by atoms with Gasteiger partial charge in [0.1, 0.15) is 0 Å². The molecule has 1 amide bonds. The van der Waals surface area contributed by atoms with Gasteiger partial charge in [-0.15, -0.1) is 0 Å². The van der Waals surface area contributed by atoms with Gasteiger partial charge in [0, 0.05) is 10.8 Å². The Kier molecular flexibility index (Phi) is 4.20. The normalized spacial score (nSPS) is 24.6. The van der Waals surface area contributed by atoms with Gasteiger partial charge in [-0.25, -0.2) is 0 Å². The van der Waals surface area contributed by atoms with Gasteiger partial charge in [-0.3, -0.25) is 4.79 Å². The molecular weight excluding hydrogens is 178 g/mol. The van der Waals surface area contributed by atoms with Crippen molar-refractivity contribution in [2.45, 2.75) is 32.6 Å². The van der Waals surface area contributed by atoms with Crippen molar-refractivity contribution in [3.05, 3.63) is 22.6 Å². The maximum Gasteiger partial charge on any atom is 0.222 e. The number of nitrogens with zero attached hydrogens (tertiary/aromatic N) is 3. The van der Waals surface area contributed by atoms with E-state index in [9.17, 15) is 4.79 Å². The molecule has 1 aliphatic rings. The zero-order valence-corrected chi connectivity index (χ0v) is 8.39. The van der Waals surface area contributed by atoms with Crippen molar-refractivity contribution in [1.29, 1.82) is 0 Å². The summed E-state index contributed by atoms with van der Waals surface area (Å²) in [6.45, 7) is 2.15. The fourth-order valence-corrected chi connectivity index (χ4v) is 1.42. The Morgan fingerprint density at radius 1 is 1.71 bits per heavy atom. The maximum absolute atomic E-state index is 11.1. The standard InChI is InChI=1S/C10H15N3O/c1-2-3-4-5-6-8-7-9(8)10(14)12-13-11/h5-6,8-9H,2-4,7H2,1H3/b6-5-/t8-,9+/m0/s1. The molecule has 1 aliphatic carbocycles. The molecular formula is C10H15N3O. The zero-order chi connectivity index (χ0) is 10.4. The molecule has 4 nitrogen and oxygen atoms in total. The maximum atomic E-state index is 11.1. The SMILES string of the molecule is CCCC/C=C\[C@H]1C[C@H]1C(=O)N=[N+]=[N-]. The van der Waals surface area contributed by atoms with Gasteiger partial charge in [-0.05, 0) is 29.4 Å². The number of hydrogen-bond acceptors (Lipinski definition) is 1. The Labute approximate surface area is 83.6 Å². The first kappa shape index (κ1) is 10.8. The van der Waals surface area contributed by atoms with Gasteiger partial charge in [0.2, 0.25) is 5.91 Å². The highest BCUT2D eigenvalue weighted by Crippen LogP contribution is 2.40. The highest BCUT2D eigenvalue weighted by Gasteiger charge is 2.40. The second-order valence-electron chi connectivity index (χ2n) is 3.60. The van der Waals surface area contributed by atoms with E-state index in [4.69, 9.17) is 5.53 Å². The summed E-state index contributed by atoms with van der Waals surface area (Å²) in [6.07, 6.45) is 8.51. The van der Waals surface area contributed by atoms with E-state index in [2.05, 4.69) is 29.1 Å². The molecule has 0 aromatic heterocycles. The molecule has 0 N–H and O–H groups in total. The van der Waals surface area contributed by atoms with E-state index < -0.39 is 0 Å². The summed E-state index contributed by atoms with van der Waals surface area (Å²) in [4.78, 5) is 13.5. The minimum atomic E-state index is -0.308. The molecule has 0 aromatic carbocycles. The lowest BCUT2D eigenvalue weighted by Gasteiger charge is -1.89. The summed E-state index contributed by atoms with van der Waals surface area (Å²) in [6, 6.07) is 0. The Hall–Kier alpha value is -1.28. The van der Waals surface area contributed by atoms with Crippen molar-refractivity contribution in [1.82, 2.24) is 0 Å². The third kappa shape index (κ3) is 3.23. The largest absolute Gasteiger partial charge is 0.292 e. The summed E-state index contributed by atoms with van der Waals surface area (Å²) in [7, 11) is 0. The van der Waals surface area contributed by atoms with Gasteiger partial charge >= 0.3 is 0 Å². The number of carbonyl (C=O) groups excluding carboxylic acids is 1. The second kappa shape index (κ2) is 5.45. The zero-order valence-electron chi connectivity index (χ0n) is 8.39. The van der Waals surface area contributed by atoms with Crippen LogP contribution in [0.1, 0.15) is 32.6 Å². The lowest BCUT2D eigenvalue weighted by atomic mass is 10.2. The number of rotatable bonds is 5. The third-order valence-corrected chi connectivity index (χ3v) is 2.41. The number of azide groups is 1. The lowest BCUT2D eigenvalue weighted by Crippen LogP contribution is -1.95.